The number of amides is 1. The Kier molecular flexibility index (Phi) is 5.91. The van der Waals surface area contributed by atoms with Crippen molar-refractivity contribution in [1.29, 1.82) is 0 Å². The average molecular weight is 451 g/mol. The van der Waals surface area contributed by atoms with Gasteiger partial charge in [-0.1, -0.05) is 90.6 Å². The van der Waals surface area contributed by atoms with E-state index in [1.165, 1.54) is 11.8 Å². The molecule has 0 spiro atoms. The van der Waals surface area contributed by atoms with E-state index in [4.69, 9.17) is 0 Å². The van der Waals surface area contributed by atoms with E-state index in [0.717, 1.165) is 39.1 Å². The zero-order valence-corrected chi connectivity index (χ0v) is 18.9. The first kappa shape index (κ1) is 21.0. The first-order chi connectivity index (χ1) is 16.2. The number of hydrogen-bond acceptors (Lipinski definition) is 4. The summed E-state index contributed by atoms with van der Waals surface area (Å²) >= 11 is 1.37. The van der Waals surface area contributed by atoms with Crippen LogP contribution in [0.5, 0.6) is 0 Å². The van der Waals surface area contributed by atoms with Crippen LogP contribution in [0.3, 0.4) is 0 Å². The van der Waals surface area contributed by atoms with E-state index >= 15 is 0 Å². The fourth-order valence-electron chi connectivity index (χ4n) is 3.79. The van der Waals surface area contributed by atoms with Crippen LogP contribution in [0, 0.1) is 6.92 Å². The quantitative estimate of drug-likeness (QED) is 0.316. The van der Waals surface area contributed by atoms with Crippen LogP contribution in [-0.2, 0) is 4.79 Å². The number of thioether (sulfide) groups is 1. The first-order valence-corrected chi connectivity index (χ1v) is 11.7. The van der Waals surface area contributed by atoms with Crippen molar-refractivity contribution < 1.29 is 4.79 Å². The smallest absolute Gasteiger partial charge is 0.234 e. The van der Waals surface area contributed by atoms with Crippen LogP contribution >= 0.6 is 11.8 Å². The van der Waals surface area contributed by atoms with E-state index in [1.807, 2.05) is 89.5 Å². The Labute approximate surface area is 196 Å². The Bertz CT molecular complexity index is 1420. The summed E-state index contributed by atoms with van der Waals surface area (Å²) in [6, 6.07) is 32.1. The lowest BCUT2D eigenvalue weighted by Crippen LogP contribution is -2.14. The maximum absolute atomic E-state index is 12.8. The Hall–Kier alpha value is -3.90. The van der Waals surface area contributed by atoms with E-state index in [1.54, 1.807) is 0 Å². The molecule has 0 radical (unpaired) electrons. The number of fused-ring (bicyclic) bond motifs is 1. The SMILES string of the molecule is Cc1cccc(-n2c(SCC(=O)Nc3cccc4ccccc34)nnc2-c2ccccc2)c1. The molecular weight excluding hydrogens is 428 g/mol. The van der Waals surface area contributed by atoms with Gasteiger partial charge in [-0.15, -0.1) is 10.2 Å². The second-order valence-corrected chi connectivity index (χ2v) is 8.65. The van der Waals surface area contributed by atoms with Gasteiger partial charge in [0.1, 0.15) is 0 Å². The highest BCUT2D eigenvalue weighted by Crippen LogP contribution is 2.29. The van der Waals surface area contributed by atoms with E-state index in [-0.39, 0.29) is 11.7 Å². The van der Waals surface area contributed by atoms with Crippen LogP contribution in [0.2, 0.25) is 0 Å². The standard InChI is InChI=1S/C27H22N4OS/c1-19-9-7-14-22(17-19)31-26(21-11-3-2-4-12-21)29-30-27(31)33-18-25(32)28-24-16-8-13-20-10-5-6-15-23(20)24/h2-17H,18H2,1H3,(H,28,32). The fraction of sp³-hybridized carbons (Fsp3) is 0.0741. The highest BCUT2D eigenvalue weighted by atomic mass is 32.2. The molecular formula is C27H22N4OS. The Morgan fingerprint density at radius 3 is 2.48 bits per heavy atom. The van der Waals surface area contributed by atoms with Crippen LogP contribution in [-0.4, -0.2) is 26.4 Å². The van der Waals surface area contributed by atoms with Crippen LogP contribution in [0.15, 0.2) is 102 Å². The lowest BCUT2D eigenvalue weighted by Gasteiger charge is -2.12. The van der Waals surface area contributed by atoms with Crippen molar-refractivity contribution in [3.05, 3.63) is 103 Å². The van der Waals surface area contributed by atoms with E-state index in [2.05, 4.69) is 34.6 Å². The van der Waals surface area contributed by atoms with Gasteiger partial charge in [-0.05, 0) is 36.1 Å². The predicted octanol–water partition coefficient (Wildman–Crippen LogP) is 6.13. The van der Waals surface area contributed by atoms with Crippen LogP contribution in [0.4, 0.5) is 5.69 Å². The fourth-order valence-corrected chi connectivity index (χ4v) is 4.54. The van der Waals surface area contributed by atoms with Gasteiger partial charge in [0.2, 0.25) is 5.91 Å². The number of anilines is 1. The molecule has 0 aliphatic heterocycles. The van der Waals surface area contributed by atoms with Crippen LogP contribution in [0.25, 0.3) is 27.8 Å². The highest BCUT2D eigenvalue weighted by molar-refractivity contribution is 7.99. The minimum absolute atomic E-state index is 0.0867. The zero-order chi connectivity index (χ0) is 22.6. The minimum Gasteiger partial charge on any atom is -0.325 e. The summed E-state index contributed by atoms with van der Waals surface area (Å²) in [4.78, 5) is 12.8. The van der Waals surface area contributed by atoms with E-state index in [0.29, 0.717) is 5.16 Å². The molecule has 4 aromatic carbocycles. The Balaban J connectivity index is 1.41. The molecule has 0 bridgehead atoms. The molecule has 0 fully saturated rings. The van der Waals surface area contributed by atoms with Gasteiger partial charge in [-0.2, -0.15) is 0 Å². The lowest BCUT2D eigenvalue weighted by atomic mass is 10.1. The van der Waals surface area contributed by atoms with Gasteiger partial charge in [0.25, 0.3) is 0 Å². The molecule has 0 atom stereocenters. The number of aryl methyl sites for hydroxylation is 1. The van der Waals surface area contributed by atoms with Crippen LogP contribution in [0.1, 0.15) is 5.56 Å². The lowest BCUT2D eigenvalue weighted by molar-refractivity contribution is -0.113. The van der Waals surface area contributed by atoms with E-state index in [9.17, 15) is 4.79 Å². The summed E-state index contributed by atoms with van der Waals surface area (Å²) in [5.41, 5.74) is 3.89. The van der Waals surface area contributed by atoms with Crippen molar-refractivity contribution in [2.24, 2.45) is 0 Å². The molecule has 1 amide bonds. The monoisotopic (exact) mass is 450 g/mol. The topological polar surface area (TPSA) is 59.8 Å². The molecule has 5 aromatic rings. The number of aromatic nitrogens is 3. The van der Waals surface area contributed by atoms with Gasteiger partial charge in [0.05, 0.1) is 5.75 Å². The number of nitrogens with one attached hydrogen (secondary N) is 1. The van der Waals surface area contributed by atoms with E-state index < -0.39 is 0 Å². The highest BCUT2D eigenvalue weighted by Gasteiger charge is 2.17. The summed E-state index contributed by atoms with van der Waals surface area (Å²) < 4.78 is 2.01. The second kappa shape index (κ2) is 9.30. The predicted molar refractivity (Wildman–Crippen MR) is 135 cm³/mol. The Morgan fingerprint density at radius 1 is 0.879 bits per heavy atom. The summed E-state index contributed by atoms with van der Waals surface area (Å²) in [7, 11) is 0. The zero-order valence-electron chi connectivity index (χ0n) is 18.1. The van der Waals surface area contributed by atoms with Crippen molar-refractivity contribution in [3.63, 3.8) is 0 Å². The van der Waals surface area contributed by atoms with Crippen molar-refractivity contribution in [2.45, 2.75) is 12.1 Å². The van der Waals surface area contributed by atoms with Crippen molar-refractivity contribution in [1.82, 2.24) is 14.8 Å². The number of carbonyl (C=O) groups excluding carboxylic acids is 1. The van der Waals surface area contributed by atoms with Gasteiger partial charge in [-0.25, -0.2) is 0 Å². The van der Waals surface area contributed by atoms with Gasteiger partial charge in [0, 0.05) is 22.3 Å². The molecule has 1 heterocycles. The minimum atomic E-state index is -0.0867. The van der Waals surface area contributed by atoms with Crippen molar-refractivity contribution >= 4 is 34.1 Å². The number of hydrogen-bond donors (Lipinski definition) is 1. The molecule has 33 heavy (non-hydrogen) atoms. The van der Waals surface area contributed by atoms with Gasteiger partial charge >= 0.3 is 0 Å². The molecule has 0 unspecified atom stereocenters. The maximum atomic E-state index is 12.8. The molecule has 5 rings (SSSR count). The Morgan fingerprint density at radius 2 is 1.64 bits per heavy atom. The van der Waals surface area contributed by atoms with Gasteiger partial charge in [0.15, 0.2) is 11.0 Å². The molecule has 0 aliphatic carbocycles. The second-order valence-electron chi connectivity index (χ2n) is 7.71. The number of benzene rings is 4. The van der Waals surface area contributed by atoms with Crippen molar-refractivity contribution in [2.75, 3.05) is 11.1 Å². The molecule has 0 aliphatic rings. The summed E-state index contributed by atoms with van der Waals surface area (Å²) in [6.07, 6.45) is 0. The summed E-state index contributed by atoms with van der Waals surface area (Å²) in [6.45, 7) is 2.06. The molecule has 0 saturated carbocycles. The first-order valence-electron chi connectivity index (χ1n) is 10.7. The van der Waals surface area contributed by atoms with Gasteiger partial charge in [-0.3, -0.25) is 9.36 Å². The molecule has 162 valence electrons. The summed E-state index contributed by atoms with van der Waals surface area (Å²) in [5.74, 6) is 0.886. The number of rotatable bonds is 6. The molecule has 1 aromatic heterocycles. The van der Waals surface area contributed by atoms with Crippen LogP contribution < -0.4 is 5.32 Å². The molecule has 1 N–H and O–H groups in total. The third kappa shape index (κ3) is 4.52. The average Bonchev–Trinajstić information content (AvgIpc) is 3.28. The largest absolute Gasteiger partial charge is 0.325 e. The molecule has 5 nitrogen and oxygen atoms in total. The number of nitrogens with zero attached hydrogens (tertiary/aromatic N) is 3. The normalized spacial score (nSPS) is 10.9. The maximum Gasteiger partial charge on any atom is 0.234 e. The third-order valence-corrected chi connectivity index (χ3v) is 6.25. The molecule has 0 saturated heterocycles. The summed E-state index contributed by atoms with van der Waals surface area (Å²) in [5, 5.41) is 14.7. The number of carbonyl (C=O) groups is 1. The third-order valence-electron chi connectivity index (χ3n) is 5.32. The molecule has 6 heteroatoms. The van der Waals surface area contributed by atoms with Crippen molar-refractivity contribution in [3.8, 4) is 17.1 Å². The van der Waals surface area contributed by atoms with Gasteiger partial charge < -0.3 is 5.32 Å².